The molecule has 1 aliphatic heterocycles. The fourth-order valence-corrected chi connectivity index (χ4v) is 1.92. The molecule has 2 atom stereocenters. The van der Waals surface area contributed by atoms with Gasteiger partial charge in [0.25, 0.3) is 0 Å². The molecule has 0 bridgehead atoms. The largest absolute Gasteiger partial charge is 0.382 e. The van der Waals surface area contributed by atoms with Crippen molar-refractivity contribution in [3.63, 3.8) is 0 Å². The van der Waals surface area contributed by atoms with Gasteiger partial charge < -0.3 is 9.47 Å². The van der Waals surface area contributed by atoms with E-state index >= 15 is 0 Å². The molecule has 2 nitrogen and oxygen atoms in total. The van der Waals surface area contributed by atoms with E-state index in [1.54, 1.807) is 7.11 Å². The third-order valence-electron chi connectivity index (χ3n) is 3.10. The standard InChI is InChI=1S/C11H22O2/c1-9(12-4)8-10-11(2,3)6-5-7-13-10/h9-10H,5-8H2,1-4H3/t9-,10-/m1/s1. The molecule has 0 radical (unpaired) electrons. The van der Waals surface area contributed by atoms with Gasteiger partial charge in [-0.3, -0.25) is 0 Å². The van der Waals surface area contributed by atoms with E-state index in [1.165, 1.54) is 12.8 Å². The van der Waals surface area contributed by atoms with Crippen LogP contribution in [-0.4, -0.2) is 25.9 Å². The van der Waals surface area contributed by atoms with E-state index in [-0.39, 0.29) is 0 Å². The maximum Gasteiger partial charge on any atom is 0.0650 e. The molecule has 0 aliphatic carbocycles. The van der Waals surface area contributed by atoms with Gasteiger partial charge in [-0.1, -0.05) is 13.8 Å². The maximum absolute atomic E-state index is 5.79. The zero-order chi connectivity index (χ0) is 9.90. The monoisotopic (exact) mass is 186 g/mol. The Balaban J connectivity index is 2.46. The molecule has 1 aliphatic rings. The molecule has 0 unspecified atom stereocenters. The minimum Gasteiger partial charge on any atom is -0.382 e. The molecule has 2 heteroatoms. The predicted molar refractivity (Wildman–Crippen MR) is 53.8 cm³/mol. The van der Waals surface area contributed by atoms with Crippen LogP contribution in [0.25, 0.3) is 0 Å². The molecule has 0 aromatic rings. The van der Waals surface area contributed by atoms with Crippen molar-refractivity contribution in [2.45, 2.75) is 52.2 Å². The van der Waals surface area contributed by atoms with Crippen molar-refractivity contribution in [1.29, 1.82) is 0 Å². The molecule has 1 fully saturated rings. The highest BCUT2D eigenvalue weighted by molar-refractivity contribution is 4.83. The van der Waals surface area contributed by atoms with Crippen molar-refractivity contribution in [2.75, 3.05) is 13.7 Å². The van der Waals surface area contributed by atoms with Crippen LogP contribution in [0, 0.1) is 5.41 Å². The van der Waals surface area contributed by atoms with E-state index in [4.69, 9.17) is 9.47 Å². The first-order valence-corrected chi connectivity index (χ1v) is 5.20. The topological polar surface area (TPSA) is 18.5 Å². The summed E-state index contributed by atoms with van der Waals surface area (Å²) in [4.78, 5) is 0. The highest BCUT2D eigenvalue weighted by atomic mass is 16.5. The summed E-state index contributed by atoms with van der Waals surface area (Å²) in [5.41, 5.74) is 0.324. The van der Waals surface area contributed by atoms with Gasteiger partial charge >= 0.3 is 0 Å². The lowest BCUT2D eigenvalue weighted by Gasteiger charge is -2.39. The van der Waals surface area contributed by atoms with Gasteiger partial charge in [0.1, 0.15) is 0 Å². The van der Waals surface area contributed by atoms with Crippen molar-refractivity contribution in [3.05, 3.63) is 0 Å². The van der Waals surface area contributed by atoms with E-state index in [0.717, 1.165) is 13.0 Å². The van der Waals surface area contributed by atoms with Crippen LogP contribution in [0.1, 0.15) is 40.0 Å². The lowest BCUT2D eigenvalue weighted by molar-refractivity contribution is -0.0897. The summed E-state index contributed by atoms with van der Waals surface area (Å²) in [7, 11) is 1.76. The third-order valence-corrected chi connectivity index (χ3v) is 3.10. The van der Waals surface area contributed by atoms with E-state index in [0.29, 0.717) is 17.6 Å². The van der Waals surface area contributed by atoms with Crippen LogP contribution in [-0.2, 0) is 9.47 Å². The van der Waals surface area contributed by atoms with Gasteiger partial charge in [0.2, 0.25) is 0 Å². The van der Waals surface area contributed by atoms with Crippen molar-refractivity contribution < 1.29 is 9.47 Å². The number of ether oxygens (including phenoxy) is 2. The van der Waals surface area contributed by atoms with Crippen LogP contribution < -0.4 is 0 Å². The van der Waals surface area contributed by atoms with Crippen LogP contribution in [0.4, 0.5) is 0 Å². The fraction of sp³-hybridized carbons (Fsp3) is 1.00. The zero-order valence-electron chi connectivity index (χ0n) is 9.30. The second-order valence-electron chi connectivity index (χ2n) is 4.73. The second kappa shape index (κ2) is 4.43. The number of hydrogen-bond acceptors (Lipinski definition) is 2. The van der Waals surface area contributed by atoms with E-state index in [2.05, 4.69) is 20.8 Å². The van der Waals surface area contributed by atoms with Crippen LogP contribution in [0.5, 0.6) is 0 Å². The van der Waals surface area contributed by atoms with Crippen molar-refractivity contribution in [2.24, 2.45) is 5.41 Å². The number of methoxy groups -OCH3 is 1. The second-order valence-corrected chi connectivity index (χ2v) is 4.73. The summed E-state index contributed by atoms with van der Waals surface area (Å²) in [6.07, 6.45) is 4.17. The molecule has 13 heavy (non-hydrogen) atoms. The van der Waals surface area contributed by atoms with Crippen molar-refractivity contribution in [3.8, 4) is 0 Å². The van der Waals surface area contributed by atoms with Crippen molar-refractivity contribution in [1.82, 2.24) is 0 Å². The molecule has 0 aromatic heterocycles. The Morgan fingerprint density at radius 2 is 2.23 bits per heavy atom. The molecule has 1 heterocycles. The average molecular weight is 186 g/mol. The third kappa shape index (κ3) is 2.96. The quantitative estimate of drug-likeness (QED) is 0.674. The minimum atomic E-state index is 0.308. The minimum absolute atomic E-state index is 0.308. The first-order valence-electron chi connectivity index (χ1n) is 5.20. The van der Waals surface area contributed by atoms with Crippen LogP contribution in [0.2, 0.25) is 0 Å². The molecule has 0 N–H and O–H groups in total. The molecule has 78 valence electrons. The van der Waals surface area contributed by atoms with Gasteiger partial charge in [-0.05, 0) is 31.6 Å². The van der Waals surface area contributed by atoms with Gasteiger partial charge in [-0.15, -0.1) is 0 Å². The summed E-state index contributed by atoms with van der Waals surface area (Å²) < 4.78 is 11.1. The predicted octanol–water partition coefficient (Wildman–Crippen LogP) is 2.62. The van der Waals surface area contributed by atoms with E-state index in [9.17, 15) is 0 Å². The number of rotatable bonds is 3. The lowest BCUT2D eigenvalue weighted by Crippen LogP contribution is -2.38. The Hall–Kier alpha value is -0.0800. The molecule has 0 spiro atoms. The first kappa shape index (κ1) is 11.0. The summed E-state index contributed by atoms with van der Waals surface area (Å²) >= 11 is 0. The van der Waals surface area contributed by atoms with E-state index < -0.39 is 0 Å². The fourth-order valence-electron chi connectivity index (χ4n) is 1.92. The van der Waals surface area contributed by atoms with Gasteiger partial charge in [0.15, 0.2) is 0 Å². The Labute approximate surface area is 81.6 Å². The van der Waals surface area contributed by atoms with Gasteiger partial charge in [0.05, 0.1) is 12.2 Å². The molecule has 1 saturated heterocycles. The summed E-state index contributed by atoms with van der Waals surface area (Å²) in [5.74, 6) is 0. The normalized spacial score (nSPS) is 30.0. The smallest absolute Gasteiger partial charge is 0.0650 e. The Morgan fingerprint density at radius 1 is 1.54 bits per heavy atom. The highest BCUT2D eigenvalue weighted by Crippen LogP contribution is 2.35. The van der Waals surface area contributed by atoms with Crippen LogP contribution in [0.3, 0.4) is 0 Å². The Morgan fingerprint density at radius 3 is 2.77 bits per heavy atom. The van der Waals surface area contributed by atoms with E-state index in [1.807, 2.05) is 0 Å². The summed E-state index contributed by atoms with van der Waals surface area (Å²) in [6.45, 7) is 7.61. The lowest BCUT2D eigenvalue weighted by atomic mass is 9.78. The summed E-state index contributed by atoms with van der Waals surface area (Å²) in [6, 6.07) is 0. The summed E-state index contributed by atoms with van der Waals surface area (Å²) in [5, 5.41) is 0. The Bertz CT molecular complexity index is 154. The molecule has 0 amide bonds. The number of hydrogen-bond donors (Lipinski definition) is 0. The van der Waals surface area contributed by atoms with Crippen LogP contribution >= 0.6 is 0 Å². The SMILES string of the molecule is CO[C@H](C)C[C@H]1OCCCC1(C)C. The highest BCUT2D eigenvalue weighted by Gasteiger charge is 2.33. The van der Waals surface area contributed by atoms with Gasteiger partial charge in [-0.25, -0.2) is 0 Å². The molecule has 0 saturated carbocycles. The first-order chi connectivity index (χ1) is 6.06. The van der Waals surface area contributed by atoms with Crippen LogP contribution in [0.15, 0.2) is 0 Å². The molecule has 0 aromatic carbocycles. The zero-order valence-corrected chi connectivity index (χ0v) is 9.30. The van der Waals surface area contributed by atoms with Crippen molar-refractivity contribution >= 4 is 0 Å². The molecular weight excluding hydrogens is 164 g/mol. The maximum atomic E-state index is 5.79. The van der Waals surface area contributed by atoms with Gasteiger partial charge in [0, 0.05) is 13.7 Å². The molecule has 1 rings (SSSR count). The van der Waals surface area contributed by atoms with Gasteiger partial charge in [-0.2, -0.15) is 0 Å². The Kier molecular flexibility index (Phi) is 3.74. The molecular formula is C11H22O2. The average Bonchev–Trinajstić information content (AvgIpc) is 2.08.